The molecule has 3 fully saturated rings. The Hall–Kier alpha value is -2.61. The number of hydrogen-bond acceptors (Lipinski definition) is 8. The molecule has 1 atom stereocenters. The summed E-state index contributed by atoms with van der Waals surface area (Å²) in [6.45, 7) is 4.80. The molecular formula is C27H30BrN3O7S. The maximum absolute atomic E-state index is 13.3. The predicted octanol–water partition coefficient (Wildman–Crippen LogP) is 2.22. The van der Waals surface area contributed by atoms with Crippen molar-refractivity contribution >= 4 is 43.4 Å². The number of ether oxygens (including phenoxy) is 2. The molecule has 1 N–H and O–H groups in total. The number of aliphatic hydroxyl groups excluding tert-OH is 1. The first-order valence-corrected chi connectivity index (χ1v) is 15.0. The van der Waals surface area contributed by atoms with Crippen LogP contribution in [-0.4, -0.2) is 105 Å². The number of rotatable bonds is 7. The number of carbonyl (C=O) groups is 2. The van der Waals surface area contributed by atoms with Crippen LogP contribution in [0.25, 0.3) is 5.76 Å². The van der Waals surface area contributed by atoms with Crippen LogP contribution in [0.2, 0.25) is 0 Å². The van der Waals surface area contributed by atoms with E-state index < -0.39 is 27.8 Å². The number of ketones is 1. The van der Waals surface area contributed by atoms with Gasteiger partial charge in [-0.1, -0.05) is 28.1 Å². The Bertz CT molecular complexity index is 1350. The minimum absolute atomic E-state index is 0.0203. The topological polar surface area (TPSA) is 117 Å². The molecule has 0 spiro atoms. The molecule has 0 saturated carbocycles. The molecule has 2 aromatic carbocycles. The zero-order valence-corrected chi connectivity index (χ0v) is 23.7. The van der Waals surface area contributed by atoms with Crippen LogP contribution in [-0.2, 0) is 29.1 Å². The number of carbonyl (C=O) groups excluding carboxylic acids is 2. The smallest absolute Gasteiger partial charge is 0.295 e. The maximum Gasteiger partial charge on any atom is 0.295 e. The van der Waals surface area contributed by atoms with Gasteiger partial charge in [-0.25, -0.2) is 8.42 Å². The van der Waals surface area contributed by atoms with Gasteiger partial charge in [0, 0.05) is 49.3 Å². The average molecular weight is 621 g/mol. The van der Waals surface area contributed by atoms with E-state index in [1.165, 1.54) is 33.5 Å². The number of benzene rings is 2. The number of nitrogens with zero attached hydrogens (tertiary/aromatic N) is 3. The Kier molecular flexibility index (Phi) is 8.50. The van der Waals surface area contributed by atoms with Crippen molar-refractivity contribution in [2.75, 3.05) is 65.7 Å². The molecule has 208 valence electrons. The lowest BCUT2D eigenvalue weighted by Crippen LogP contribution is -2.42. The van der Waals surface area contributed by atoms with Gasteiger partial charge in [0.1, 0.15) is 5.76 Å². The van der Waals surface area contributed by atoms with Crippen LogP contribution < -0.4 is 0 Å². The molecule has 0 bridgehead atoms. The van der Waals surface area contributed by atoms with E-state index in [9.17, 15) is 23.1 Å². The average Bonchev–Trinajstić information content (AvgIpc) is 3.22. The Morgan fingerprint density at radius 1 is 0.872 bits per heavy atom. The van der Waals surface area contributed by atoms with Crippen molar-refractivity contribution in [3.05, 3.63) is 69.7 Å². The number of aliphatic hydroxyl groups is 1. The molecule has 12 heteroatoms. The van der Waals surface area contributed by atoms with E-state index in [2.05, 4.69) is 20.8 Å². The van der Waals surface area contributed by atoms with E-state index in [-0.39, 0.29) is 34.9 Å². The maximum atomic E-state index is 13.3. The lowest BCUT2D eigenvalue weighted by molar-refractivity contribution is -0.140. The number of likely N-dealkylation sites (tertiary alicyclic amines) is 1. The van der Waals surface area contributed by atoms with Crippen LogP contribution in [0.4, 0.5) is 0 Å². The van der Waals surface area contributed by atoms with Crippen LogP contribution in [0.1, 0.15) is 17.2 Å². The molecular weight excluding hydrogens is 590 g/mol. The first-order valence-electron chi connectivity index (χ1n) is 12.8. The van der Waals surface area contributed by atoms with Gasteiger partial charge in [0.05, 0.1) is 42.9 Å². The van der Waals surface area contributed by atoms with Crippen molar-refractivity contribution in [1.82, 2.24) is 14.1 Å². The van der Waals surface area contributed by atoms with Crippen molar-refractivity contribution in [2.24, 2.45) is 0 Å². The van der Waals surface area contributed by atoms with Gasteiger partial charge in [-0.05, 0) is 42.0 Å². The van der Waals surface area contributed by atoms with E-state index in [1.54, 1.807) is 0 Å². The summed E-state index contributed by atoms with van der Waals surface area (Å²) in [6.07, 6.45) is 0. The summed E-state index contributed by atoms with van der Waals surface area (Å²) < 4.78 is 38.9. The second-order valence-electron chi connectivity index (χ2n) is 9.54. The van der Waals surface area contributed by atoms with Crippen molar-refractivity contribution in [3.8, 4) is 0 Å². The first-order chi connectivity index (χ1) is 18.8. The normalized spacial score (nSPS) is 22.9. The van der Waals surface area contributed by atoms with Crippen molar-refractivity contribution < 1.29 is 32.6 Å². The van der Waals surface area contributed by atoms with Crippen LogP contribution in [0.15, 0.2) is 63.5 Å². The Morgan fingerprint density at radius 3 is 2.08 bits per heavy atom. The van der Waals surface area contributed by atoms with Crippen molar-refractivity contribution in [3.63, 3.8) is 0 Å². The fourth-order valence-corrected chi connectivity index (χ4v) is 6.72. The second-order valence-corrected chi connectivity index (χ2v) is 12.4. The summed E-state index contributed by atoms with van der Waals surface area (Å²) in [6, 6.07) is 12.2. The lowest BCUT2D eigenvalue weighted by atomic mass is 9.95. The molecule has 10 nitrogen and oxygen atoms in total. The largest absolute Gasteiger partial charge is 0.507 e. The van der Waals surface area contributed by atoms with Gasteiger partial charge in [-0.3, -0.25) is 14.5 Å². The molecule has 2 aromatic rings. The summed E-state index contributed by atoms with van der Waals surface area (Å²) in [5.41, 5.74) is 0.921. The third-order valence-electron chi connectivity index (χ3n) is 7.22. The third-order valence-corrected chi connectivity index (χ3v) is 9.66. The Balaban J connectivity index is 1.47. The molecule has 5 rings (SSSR count). The molecule has 1 amide bonds. The monoisotopic (exact) mass is 619 g/mol. The van der Waals surface area contributed by atoms with Crippen LogP contribution in [0.3, 0.4) is 0 Å². The fourth-order valence-electron chi connectivity index (χ4n) is 5.05. The number of Topliss-reactive ketones (excluding diaryl/α,β-unsaturated/α-hetero) is 1. The highest BCUT2D eigenvalue weighted by Gasteiger charge is 2.46. The van der Waals surface area contributed by atoms with Gasteiger partial charge >= 0.3 is 0 Å². The van der Waals surface area contributed by atoms with Crippen LogP contribution in [0.5, 0.6) is 0 Å². The number of sulfonamides is 1. The second kappa shape index (κ2) is 11.9. The molecule has 0 aliphatic carbocycles. The van der Waals surface area contributed by atoms with Gasteiger partial charge in [0.25, 0.3) is 11.7 Å². The zero-order valence-electron chi connectivity index (χ0n) is 21.3. The summed E-state index contributed by atoms with van der Waals surface area (Å²) in [5.74, 6) is -1.79. The van der Waals surface area contributed by atoms with Gasteiger partial charge in [-0.15, -0.1) is 0 Å². The lowest BCUT2D eigenvalue weighted by Gasteiger charge is -2.31. The molecule has 39 heavy (non-hydrogen) atoms. The van der Waals surface area contributed by atoms with Crippen LogP contribution in [0, 0.1) is 0 Å². The SMILES string of the molecule is O=C1C(=O)N(CCN2CCOCC2)[C@@H](c2ccc(Br)cc2)C1=C(O)c1ccc(S(=O)(=O)N2CCOCC2)cc1. The highest BCUT2D eigenvalue weighted by Crippen LogP contribution is 2.39. The zero-order chi connectivity index (χ0) is 27.6. The van der Waals surface area contributed by atoms with Gasteiger partial charge in [-0.2, -0.15) is 4.31 Å². The summed E-state index contributed by atoms with van der Waals surface area (Å²) >= 11 is 3.42. The Labute approximate surface area is 236 Å². The number of amides is 1. The molecule has 3 aliphatic rings. The van der Waals surface area contributed by atoms with E-state index in [4.69, 9.17) is 9.47 Å². The standard InChI is InChI=1S/C27H30BrN3O7S/c28-21-5-1-19(2-6-21)24-23(26(33)27(34)31(24)10-9-29-11-15-37-16-12-29)25(32)20-3-7-22(8-4-20)39(35,36)30-13-17-38-18-14-30/h1-8,24,32H,9-18H2/t24-/m0/s1. The highest BCUT2D eigenvalue weighted by molar-refractivity contribution is 9.10. The molecule has 3 aliphatic heterocycles. The predicted molar refractivity (Wildman–Crippen MR) is 146 cm³/mol. The summed E-state index contributed by atoms with van der Waals surface area (Å²) in [5, 5.41) is 11.3. The fraction of sp³-hybridized carbons (Fsp3) is 0.407. The third kappa shape index (κ3) is 5.81. The molecule has 3 heterocycles. The molecule has 0 radical (unpaired) electrons. The molecule has 3 saturated heterocycles. The van der Waals surface area contributed by atoms with E-state index in [0.29, 0.717) is 45.1 Å². The van der Waals surface area contributed by atoms with Gasteiger partial charge in [0.15, 0.2) is 0 Å². The highest BCUT2D eigenvalue weighted by atomic mass is 79.9. The van der Waals surface area contributed by atoms with Crippen molar-refractivity contribution in [2.45, 2.75) is 10.9 Å². The first kappa shape index (κ1) is 27.9. The van der Waals surface area contributed by atoms with E-state index >= 15 is 0 Å². The van der Waals surface area contributed by atoms with E-state index in [1.807, 2.05) is 24.3 Å². The van der Waals surface area contributed by atoms with Gasteiger partial charge in [0.2, 0.25) is 10.0 Å². The Morgan fingerprint density at radius 2 is 1.46 bits per heavy atom. The minimum atomic E-state index is -3.72. The van der Waals surface area contributed by atoms with Crippen LogP contribution >= 0.6 is 15.9 Å². The summed E-state index contributed by atoms with van der Waals surface area (Å²) in [7, 11) is -3.72. The van der Waals surface area contributed by atoms with Gasteiger partial charge < -0.3 is 19.5 Å². The quantitative estimate of drug-likeness (QED) is 0.285. The minimum Gasteiger partial charge on any atom is -0.507 e. The summed E-state index contributed by atoms with van der Waals surface area (Å²) in [4.78, 5) is 30.3. The number of halogens is 1. The number of morpholine rings is 2. The van der Waals surface area contributed by atoms with E-state index in [0.717, 1.165) is 17.6 Å². The number of hydrogen-bond donors (Lipinski definition) is 1. The molecule has 0 unspecified atom stereocenters. The van der Waals surface area contributed by atoms with Crippen molar-refractivity contribution in [1.29, 1.82) is 0 Å². The molecule has 0 aromatic heterocycles.